The highest BCUT2D eigenvalue weighted by Gasteiger charge is 2.19. The third-order valence-electron chi connectivity index (χ3n) is 3.10. The first kappa shape index (κ1) is 12.4. The van der Waals surface area contributed by atoms with Gasteiger partial charge in [-0.3, -0.25) is 0 Å². The minimum absolute atomic E-state index is 0.0520. The standard InChI is InChI=1S/C13H17BrN2O/c1-10(11-4-6-12(14)7-5-11)15-13(17)16-8-2-3-9-16/h4-7,10H,2-3,8-9H2,1H3,(H,15,17). The molecule has 17 heavy (non-hydrogen) atoms. The molecule has 0 radical (unpaired) electrons. The Balaban J connectivity index is 1.93. The van der Waals surface area contributed by atoms with Crippen LogP contribution in [0, 0.1) is 0 Å². The summed E-state index contributed by atoms with van der Waals surface area (Å²) in [6, 6.07) is 8.15. The molecule has 1 N–H and O–H groups in total. The number of amides is 2. The molecule has 3 nitrogen and oxygen atoms in total. The minimum Gasteiger partial charge on any atom is -0.331 e. The van der Waals surface area contributed by atoms with Crippen molar-refractivity contribution in [3.63, 3.8) is 0 Å². The lowest BCUT2D eigenvalue weighted by Crippen LogP contribution is -2.39. The second-order valence-corrected chi connectivity index (χ2v) is 5.33. The third-order valence-corrected chi connectivity index (χ3v) is 3.63. The Morgan fingerprint density at radius 2 is 1.88 bits per heavy atom. The number of nitrogens with one attached hydrogen (secondary N) is 1. The summed E-state index contributed by atoms with van der Waals surface area (Å²) in [6.45, 7) is 3.79. The first-order chi connectivity index (χ1) is 8.16. The number of nitrogens with zero attached hydrogens (tertiary/aromatic N) is 1. The van der Waals surface area contributed by atoms with E-state index in [-0.39, 0.29) is 12.1 Å². The van der Waals surface area contributed by atoms with Crippen LogP contribution in [0.15, 0.2) is 28.7 Å². The Hall–Kier alpha value is -1.03. The van der Waals surface area contributed by atoms with Crippen LogP contribution in [0.5, 0.6) is 0 Å². The van der Waals surface area contributed by atoms with Crippen molar-refractivity contribution in [2.75, 3.05) is 13.1 Å². The zero-order chi connectivity index (χ0) is 12.3. The molecule has 2 rings (SSSR count). The topological polar surface area (TPSA) is 32.3 Å². The highest BCUT2D eigenvalue weighted by molar-refractivity contribution is 9.10. The van der Waals surface area contributed by atoms with E-state index in [0.717, 1.165) is 36.0 Å². The number of carbonyl (C=O) groups excluding carboxylic acids is 1. The third kappa shape index (κ3) is 3.22. The monoisotopic (exact) mass is 296 g/mol. The Morgan fingerprint density at radius 1 is 1.29 bits per heavy atom. The Kier molecular flexibility index (Phi) is 4.05. The number of hydrogen-bond acceptors (Lipinski definition) is 1. The molecule has 1 aliphatic rings. The second kappa shape index (κ2) is 5.54. The Morgan fingerprint density at radius 3 is 2.47 bits per heavy atom. The van der Waals surface area contributed by atoms with E-state index in [4.69, 9.17) is 0 Å². The van der Waals surface area contributed by atoms with E-state index in [9.17, 15) is 4.79 Å². The molecular weight excluding hydrogens is 280 g/mol. The molecule has 1 aromatic rings. The molecule has 1 heterocycles. The molecule has 92 valence electrons. The Labute approximate surface area is 110 Å². The van der Waals surface area contributed by atoms with Gasteiger partial charge in [-0.1, -0.05) is 28.1 Å². The van der Waals surface area contributed by atoms with E-state index in [1.165, 1.54) is 0 Å². The largest absolute Gasteiger partial charge is 0.331 e. The Bertz CT molecular complexity index is 385. The summed E-state index contributed by atoms with van der Waals surface area (Å²) >= 11 is 3.40. The summed E-state index contributed by atoms with van der Waals surface area (Å²) in [5.74, 6) is 0. The number of benzene rings is 1. The quantitative estimate of drug-likeness (QED) is 0.892. The van der Waals surface area contributed by atoms with E-state index >= 15 is 0 Å². The molecule has 0 aromatic heterocycles. The van der Waals surface area contributed by atoms with Crippen LogP contribution in [0.1, 0.15) is 31.4 Å². The van der Waals surface area contributed by atoms with Gasteiger partial charge in [0.15, 0.2) is 0 Å². The van der Waals surface area contributed by atoms with Gasteiger partial charge in [-0.2, -0.15) is 0 Å². The first-order valence-corrected chi connectivity index (χ1v) is 6.77. The molecular formula is C13H17BrN2O. The number of rotatable bonds is 2. The highest BCUT2D eigenvalue weighted by Crippen LogP contribution is 2.17. The fourth-order valence-corrected chi connectivity index (χ4v) is 2.30. The van der Waals surface area contributed by atoms with Crippen LogP contribution in [-0.4, -0.2) is 24.0 Å². The number of hydrogen-bond donors (Lipinski definition) is 1. The van der Waals surface area contributed by atoms with E-state index < -0.39 is 0 Å². The van der Waals surface area contributed by atoms with Crippen molar-refractivity contribution >= 4 is 22.0 Å². The van der Waals surface area contributed by atoms with Crippen molar-refractivity contribution in [3.8, 4) is 0 Å². The van der Waals surface area contributed by atoms with Gasteiger partial charge in [0.05, 0.1) is 6.04 Å². The van der Waals surface area contributed by atoms with Gasteiger partial charge in [0.1, 0.15) is 0 Å². The van der Waals surface area contributed by atoms with Crippen molar-refractivity contribution in [2.45, 2.75) is 25.8 Å². The van der Waals surface area contributed by atoms with E-state index in [2.05, 4.69) is 21.2 Å². The van der Waals surface area contributed by atoms with Gasteiger partial charge in [-0.25, -0.2) is 4.79 Å². The van der Waals surface area contributed by atoms with Crippen molar-refractivity contribution in [2.24, 2.45) is 0 Å². The summed E-state index contributed by atoms with van der Waals surface area (Å²) in [5, 5.41) is 3.03. The van der Waals surface area contributed by atoms with Gasteiger partial charge in [0, 0.05) is 17.6 Å². The zero-order valence-corrected chi connectivity index (χ0v) is 11.5. The fourth-order valence-electron chi connectivity index (χ4n) is 2.03. The molecule has 4 heteroatoms. The van der Waals surface area contributed by atoms with Crippen LogP contribution < -0.4 is 5.32 Å². The summed E-state index contributed by atoms with van der Waals surface area (Å²) in [4.78, 5) is 13.8. The maximum atomic E-state index is 11.9. The number of urea groups is 1. The second-order valence-electron chi connectivity index (χ2n) is 4.42. The lowest BCUT2D eigenvalue weighted by Gasteiger charge is -2.20. The van der Waals surface area contributed by atoms with Crippen molar-refractivity contribution in [1.29, 1.82) is 0 Å². The zero-order valence-electron chi connectivity index (χ0n) is 9.95. The smallest absolute Gasteiger partial charge is 0.317 e. The van der Waals surface area contributed by atoms with Crippen LogP contribution in [0.2, 0.25) is 0 Å². The van der Waals surface area contributed by atoms with Gasteiger partial charge in [-0.15, -0.1) is 0 Å². The lowest BCUT2D eigenvalue weighted by atomic mass is 10.1. The molecule has 0 bridgehead atoms. The van der Waals surface area contributed by atoms with Crippen LogP contribution >= 0.6 is 15.9 Å². The SMILES string of the molecule is CC(NC(=O)N1CCCC1)c1ccc(Br)cc1. The molecule has 0 saturated carbocycles. The van der Waals surface area contributed by atoms with E-state index in [1.807, 2.05) is 36.1 Å². The maximum absolute atomic E-state index is 11.9. The molecule has 1 fully saturated rings. The molecule has 1 aliphatic heterocycles. The van der Waals surface area contributed by atoms with Gasteiger partial charge < -0.3 is 10.2 Å². The van der Waals surface area contributed by atoms with Crippen LogP contribution in [0.25, 0.3) is 0 Å². The summed E-state index contributed by atoms with van der Waals surface area (Å²) in [5.41, 5.74) is 1.13. The maximum Gasteiger partial charge on any atom is 0.317 e. The van der Waals surface area contributed by atoms with Gasteiger partial charge in [0.25, 0.3) is 0 Å². The molecule has 0 aliphatic carbocycles. The highest BCUT2D eigenvalue weighted by atomic mass is 79.9. The average Bonchev–Trinajstić information content (AvgIpc) is 2.83. The average molecular weight is 297 g/mol. The van der Waals surface area contributed by atoms with E-state index in [0.29, 0.717) is 0 Å². The first-order valence-electron chi connectivity index (χ1n) is 5.98. The lowest BCUT2D eigenvalue weighted by molar-refractivity contribution is 0.205. The van der Waals surface area contributed by atoms with Crippen molar-refractivity contribution in [1.82, 2.24) is 10.2 Å². The number of carbonyl (C=O) groups is 1. The normalized spacial score (nSPS) is 16.9. The predicted molar refractivity (Wildman–Crippen MR) is 71.9 cm³/mol. The molecule has 1 saturated heterocycles. The number of halogens is 1. The number of likely N-dealkylation sites (tertiary alicyclic amines) is 1. The van der Waals surface area contributed by atoms with Crippen LogP contribution in [-0.2, 0) is 0 Å². The van der Waals surface area contributed by atoms with Gasteiger partial charge in [0.2, 0.25) is 0 Å². The molecule has 1 atom stereocenters. The summed E-state index contributed by atoms with van der Waals surface area (Å²) < 4.78 is 1.05. The van der Waals surface area contributed by atoms with Crippen LogP contribution in [0.3, 0.4) is 0 Å². The molecule has 1 aromatic carbocycles. The van der Waals surface area contributed by atoms with Gasteiger partial charge in [-0.05, 0) is 37.5 Å². The molecule has 0 spiro atoms. The summed E-state index contributed by atoms with van der Waals surface area (Å²) in [7, 11) is 0. The minimum atomic E-state index is 0.0520. The molecule has 2 amide bonds. The van der Waals surface area contributed by atoms with E-state index in [1.54, 1.807) is 0 Å². The van der Waals surface area contributed by atoms with Gasteiger partial charge >= 0.3 is 6.03 Å². The summed E-state index contributed by atoms with van der Waals surface area (Å²) in [6.07, 6.45) is 2.25. The predicted octanol–water partition coefficient (Wildman–Crippen LogP) is 3.32. The van der Waals surface area contributed by atoms with Crippen molar-refractivity contribution in [3.05, 3.63) is 34.3 Å². The van der Waals surface area contributed by atoms with Crippen molar-refractivity contribution < 1.29 is 4.79 Å². The van der Waals surface area contributed by atoms with Crippen LogP contribution in [0.4, 0.5) is 4.79 Å². The molecule has 1 unspecified atom stereocenters. The fraction of sp³-hybridized carbons (Fsp3) is 0.462.